The van der Waals surface area contributed by atoms with E-state index in [0.717, 1.165) is 27.9 Å². The van der Waals surface area contributed by atoms with Gasteiger partial charge in [-0.1, -0.05) is 0 Å². The zero-order valence-corrected chi connectivity index (χ0v) is 10.3. The van der Waals surface area contributed by atoms with E-state index >= 15 is 0 Å². The highest BCUT2D eigenvalue weighted by atomic mass is 16.5. The first-order chi connectivity index (χ1) is 8.19. The van der Waals surface area contributed by atoms with Gasteiger partial charge < -0.3 is 15.2 Å². The maximum absolute atomic E-state index is 5.68. The summed E-state index contributed by atoms with van der Waals surface area (Å²) in [4.78, 5) is 4.53. The third-order valence-electron chi connectivity index (χ3n) is 2.83. The fourth-order valence-electron chi connectivity index (χ4n) is 1.84. The van der Waals surface area contributed by atoms with Gasteiger partial charge in [0, 0.05) is 23.7 Å². The van der Waals surface area contributed by atoms with E-state index < -0.39 is 0 Å². The van der Waals surface area contributed by atoms with Gasteiger partial charge in [0.25, 0.3) is 0 Å². The maximum Gasteiger partial charge on any atom is 0.148 e. The van der Waals surface area contributed by atoms with Crippen molar-refractivity contribution in [3.63, 3.8) is 0 Å². The molecule has 0 atom stereocenters. The number of pyridine rings is 1. The SMILES string of the molecule is COc1cc(OC)c2nc(C)c(CN)cc2c1. The fourth-order valence-corrected chi connectivity index (χ4v) is 1.84. The molecular formula is C13H16N2O2. The summed E-state index contributed by atoms with van der Waals surface area (Å²) in [5.74, 6) is 1.47. The summed E-state index contributed by atoms with van der Waals surface area (Å²) >= 11 is 0. The summed E-state index contributed by atoms with van der Waals surface area (Å²) in [6.45, 7) is 2.43. The largest absolute Gasteiger partial charge is 0.497 e. The van der Waals surface area contributed by atoms with Crippen LogP contribution in [-0.4, -0.2) is 19.2 Å². The molecule has 0 aliphatic carbocycles. The Morgan fingerprint density at radius 2 is 1.94 bits per heavy atom. The monoisotopic (exact) mass is 232 g/mol. The van der Waals surface area contributed by atoms with Crippen molar-refractivity contribution < 1.29 is 9.47 Å². The molecule has 0 aliphatic rings. The lowest BCUT2D eigenvalue weighted by molar-refractivity contribution is 0.397. The van der Waals surface area contributed by atoms with Crippen LogP contribution in [0, 0.1) is 6.92 Å². The molecule has 0 aliphatic heterocycles. The number of hydrogen-bond acceptors (Lipinski definition) is 4. The molecular weight excluding hydrogens is 216 g/mol. The van der Waals surface area contributed by atoms with Crippen LogP contribution in [0.1, 0.15) is 11.3 Å². The van der Waals surface area contributed by atoms with Gasteiger partial charge in [0.1, 0.15) is 17.0 Å². The Balaban J connectivity index is 2.75. The Kier molecular flexibility index (Phi) is 3.15. The van der Waals surface area contributed by atoms with Crippen molar-refractivity contribution in [3.8, 4) is 11.5 Å². The van der Waals surface area contributed by atoms with Crippen LogP contribution in [0.3, 0.4) is 0 Å². The molecule has 0 amide bonds. The molecule has 17 heavy (non-hydrogen) atoms. The van der Waals surface area contributed by atoms with E-state index in [4.69, 9.17) is 15.2 Å². The van der Waals surface area contributed by atoms with E-state index in [2.05, 4.69) is 4.98 Å². The highest BCUT2D eigenvalue weighted by Gasteiger charge is 2.09. The van der Waals surface area contributed by atoms with Crippen molar-refractivity contribution in [2.45, 2.75) is 13.5 Å². The predicted octanol–water partition coefficient (Wildman–Crippen LogP) is 2.02. The molecule has 1 aromatic carbocycles. The summed E-state index contributed by atoms with van der Waals surface area (Å²) in [7, 11) is 3.26. The topological polar surface area (TPSA) is 57.4 Å². The number of hydrogen-bond donors (Lipinski definition) is 1. The van der Waals surface area contributed by atoms with Gasteiger partial charge in [-0.15, -0.1) is 0 Å². The first-order valence-electron chi connectivity index (χ1n) is 5.42. The molecule has 1 aromatic heterocycles. The quantitative estimate of drug-likeness (QED) is 0.879. The average Bonchev–Trinajstić information content (AvgIpc) is 2.36. The Labute approximate surface area is 100 Å². The highest BCUT2D eigenvalue weighted by molar-refractivity contribution is 5.87. The molecule has 0 unspecified atom stereocenters. The van der Waals surface area contributed by atoms with Crippen molar-refractivity contribution in [3.05, 3.63) is 29.5 Å². The van der Waals surface area contributed by atoms with Crippen LogP contribution in [0.25, 0.3) is 10.9 Å². The van der Waals surface area contributed by atoms with Crippen molar-refractivity contribution in [2.75, 3.05) is 14.2 Å². The van der Waals surface area contributed by atoms with Crippen molar-refractivity contribution in [2.24, 2.45) is 5.73 Å². The van der Waals surface area contributed by atoms with Crippen molar-refractivity contribution >= 4 is 10.9 Å². The minimum atomic E-state index is 0.480. The fraction of sp³-hybridized carbons (Fsp3) is 0.308. The molecule has 0 saturated heterocycles. The van der Waals surface area contributed by atoms with Crippen LogP contribution >= 0.6 is 0 Å². The smallest absolute Gasteiger partial charge is 0.148 e. The molecule has 0 saturated carbocycles. The summed E-state index contributed by atoms with van der Waals surface area (Å²) in [6.07, 6.45) is 0. The number of rotatable bonds is 3. The van der Waals surface area contributed by atoms with Gasteiger partial charge in [-0.25, -0.2) is 4.98 Å². The Morgan fingerprint density at radius 3 is 2.53 bits per heavy atom. The van der Waals surface area contributed by atoms with Crippen LogP contribution in [0.5, 0.6) is 11.5 Å². The zero-order valence-electron chi connectivity index (χ0n) is 10.3. The second-order valence-corrected chi connectivity index (χ2v) is 3.84. The number of benzene rings is 1. The van der Waals surface area contributed by atoms with Gasteiger partial charge in [0.15, 0.2) is 0 Å². The molecule has 0 spiro atoms. The van der Waals surface area contributed by atoms with Crippen LogP contribution in [0.4, 0.5) is 0 Å². The van der Waals surface area contributed by atoms with Crippen LogP contribution in [0.2, 0.25) is 0 Å². The standard InChI is InChI=1S/C13H16N2O2/c1-8-10(7-14)4-9-5-11(16-2)6-12(17-3)13(9)15-8/h4-6H,7,14H2,1-3H3. The van der Waals surface area contributed by atoms with Crippen LogP contribution in [0.15, 0.2) is 18.2 Å². The molecule has 2 aromatic rings. The van der Waals surface area contributed by atoms with Crippen molar-refractivity contribution in [1.29, 1.82) is 0 Å². The van der Waals surface area contributed by atoms with Crippen molar-refractivity contribution in [1.82, 2.24) is 4.98 Å². The van der Waals surface area contributed by atoms with Gasteiger partial charge in [-0.3, -0.25) is 0 Å². The number of fused-ring (bicyclic) bond motifs is 1. The third-order valence-corrected chi connectivity index (χ3v) is 2.83. The number of nitrogens with two attached hydrogens (primary N) is 1. The Morgan fingerprint density at radius 1 is 1.18 bits per heavy atom. The molecule has 2 rings (SSSR count). The van der Waals surface area contributed by atoms with E-state index in [1.165, 1.54) is 0 Å². The molecule has 0 fully saturated rings. The molecule has 90 valence electrons. The number of nitrogens with zero attached hydrogens (tertiary/aromatic N) is 1. The second-order valence-electron chi connectivity index (χ2n) is 3.84. The lowest BCUT2D eigenvalue weighted by Gasteiger charge is -2.10. The number of methoxy groups -OCH3 is 2. The van der Waals surface area contributed by atoms with E-state index in [1.807, 2.05) is 25.1 Å². The Hall–Kier alpha value is -1.81. The number of ether oxygens (including phenoxy) is 2. The normalized spacial score (nSPS) is 10.6. The average molecular weight is 232 g/mol. The van der Waals surface area contributed by atoms with E-state index in [1.54, 1.807) is 14.2 Å². The summed E-state index contributed by atoms with van der Waals surface area (Å²) in [6, 6.07) is 5.79. The first-order valence-corrected chi connectivity index (χ1v) is 5.42. The second kappa shape index (κ2) is 4.59. The number of aromatic nitrogens is 1. The molecule has 0 bridgehead atoms. The van der Waals surface area contributed by atoms with E-state index in [9.17, 15) is 0 Å². The van der Waals surface area contributed by atoms with Gasteiger partial charge in [0.2, 0.25) is 0 Å². The van der Waals surface area contributed by atoms with E-state index in [-0.39, 0.29) is 0 Å². The summed E-state index contributed by atoms with van der Waals surface area (Å²) in [5.41, 5.74) is 8.49. The molecule has 0 radical (unpaired) electrons. The third kappa shape index (κ3) is 2.03. The lowest BCUT2D eigenvalue weighted by Crippen LogP contribution is -2.02. The van der Waals surface area contributed by atoms with Gasteiger partial charge in [-0.05, 0) is 24.6 Å². The number of aryl methyl sites for hydroxylation is 1. The molecule has 1 heterocycles. The summed E-state index contributed by atoms with van der Waals surface area (Å²) in [5, 5.41) is 0.979. The van der Waals surface area contributed by atoms with Gasteiger partial charge in [-0.2, -0.15) is 0 Å². The van der Waals surface area contributed by atoms with Crippen LogP contribution in [-0.2, 0) is 6.54 Å². The zero-order chi connectivity index (χ0) is 12.4. The molecule has 4 heteroatoms. The maximum atomic E-state index is 5.68. The Bertz CT molecular complexity index is 553. The highest BCUT2D eigenvalue weighted by Crippen LogP contribution is 2.30. The minimum Gasteiger partial charge on any atom is -0.497 e. The van der Waals surface area contributed by atoms with E-state index in [0.29, 0.717) is 12.3 Å². The molecule has 4 nitrogen and oxygen atoms in total. The summed E-state index contributed by atoms with van der Waals surface area (Å²) < 4.78 is 10.6. The van der Waals surface area contributed by atoms with Gasteiger partial charge >= 0.3 is 0 Å². The first kappa shape index (κ1) is 11.7. The minimum absolute atomic E-state index is 0.480. The van der Waals surface area contributed by atoms with Crippen LogP contribution < -0.4 is 15.2 Å². The van der Waals surface area contributed by atoms with Gasteiger partial charge in [0.05, 0.1) is 14.2 Å². The molecule has 2 N–H and O–H groups in total. The lowest BCUT2D eigenvalue weighted by atomic mass is 10.1. The predicted molar refractivity (Wildman–Crippen MR) is 67.5 cm³/mol.